The number of ether oxygens (including phenoxy) is 1. The Labute approximate surface area is 115 Å². The average Bonchev–Trinajstić information content (AvgIpc) is 2.13. The topological polar surface area (TPSA) is 78.9 Å². The first-order valence-corrected chi connectivity index (χ1v) is 6.30. The number of methoxy groups -OCH3 is 1. The Hall–Kier alpha value is -1.30. The number of carbonyl (C=O) groups is 2. The highest BCUT2D eigenvalue weighted by atomic mass is 16.5. The smallest absolute Gasteiger partial charge is 0.318 e. The molecule has 2 N–H and O–H groups in total. The molecule has 19 heavy (non-hydrogen) atoms. The van der Waals surface area contributed by atoms with Gasteiger partial charge in [-0.1, -0.05) is 0 Å². The molecule has 6 nitrogen and oxygen atoms in total. The van der Waals surface area contributed by atoms with E-state index in [0.29, 0.717) is 6.61 Å². The third-order valence-corrected chi connectivity index (χ3v) is 2.55. The summed E-state index contributed by atoms with van der Waals surface area (Å²) in [5.74, 6) is -0.918. The Morgan fingerprint density at radius 2 is 1.74 bits per heavy atom. The quantitative estimate of drug-likeness (QED) is 0.772. The summed E-state index contributed by atoms with van der Waals surface area (Å²) in [6, 6.07) is -0.282. The standard InChI is InChI=1S/C13H26N2O4/c1-12(2,3)15(8-7-10(16)17)11(18)14-13(4,5)9-19-6/h7-9H2,1-6H3,(H,14,18)(H,16,17). The number of amides is 2. The second kappa shape index (κ2) is 6.75. The van der Waals surface area contributed by atoms with E-state index in [1.54, 1.807) is 7.11 Å². The molecule has 0 aliphatic heterocycles. The lowest BCUT2D eigenvalue weighted by molar-refractivity contribution is -0.137. The van der Waals surface area contributed by atoms with E-state index in [-0.39, 0.29) is 19.0 Å². The molecule has 2 amide bonds. The fraction of sp³-hybridized carbons (Fsp3) is 0.846. The molecule has 0 radical (unpaired) electrons. The van der Waals surface area contributed by atoms with Crippen molar-refractivity contribution >= 4 is 12.0 Å². The van der Waals surface area contributed by atoms with Gasteiger partial charge in [-0.15, -0.1) is 0 Å². The van der Waals surface area contributed by atoms with Gasteiger partial charge in [-0.25, -0.2) is 4.79 Å². The Morgan fingerprint density at radius 1 is 1.21 bits per heavy atom. The second-order valence-corrected chi connectivity index (χ2v) is 6.21. The Balaban J connectivity index is 4.77. The number of carboxylic acids is 1. The predicted molar refractivity (Wildman–Crippen MR) is 73.2 cm³/mol. The number of nitrogens with one attached hydrogen (secondary N) is 1. The third-order valence-electron chi connectivity index (χ3n) is 2.55. The van der Waals surface area contributed by atoms with E-state index in [1.165, 1.54) is 4.90 Å². The maximum Gasteiger partial charge on any atom is 0.318 e. The van der Waals surface area contributed by atoms with Gasteiger partial charge in [0.05, 0.1) is 18.6 Å². The lowest BCUT2D eigenvalue weighted by Gasteiger charge is -2.38. The van der Waals surface area contributed by atoms with Crippen LogP contribution in [-0.2, 0) is 9.53 Å². The summed E-state index contributed by atoms with van der Waals surface area (Å²) in [6.45, 7) is 9.88. The predicted octanol–water partition coefficient (Wildman–Crippen LogP) is 1.70. The van der Waals surface area contributed by atoms with E-state index in [4.69, 9.17) is 9.84 Å². The van der Waals surface area contributed by atoms with E-state index < -0.39 is 17.0 Å². The molecular formula is C13H26N2O4. The van der Waals surface area contributed by atoms with Crippen LogP contribution in [0.15, 0.2) is 0 Å². The number of carboxylic acid groups (broad SMARTS) is 1. The molecule has 0 spiro atoms. The van der Waals surface area contributed by atoms with E-state index in [1.807, 2.05) is 34.6 Å². The number of nitrogens with zero attached hydrogens (tertiary/aromatic N) is 1. The van der Waals surface area contributed by atoms with Gasteiger partial charge in [0.2, 0.25) is 0 Å². The molecule has 0 aliphatic carbocycles. The van der Waals surface area contributed by atoms with Crippen molar-refractivity contribution in [1.82, 2.24) is 10.2 Å². The average molecular weight is 274 g/mol. The zero-order valence-electron chi connectivity index (χ0n) is 12.7. The summed E-state index contributed by atoms with van der Waals surface area (Å²) in [5, 5.41) is 11.6. The molecule has 0 saturated heterocycles. The van der Waals surface area contributed by atoms with Crippen LogP contribution in [0.5, 0.6) is 0 Å². The molecule has 0 unspecified atom stereocenters. The number of rotatable bonds is 6. The van der Waals surface area contributed by atoms with Gasteiger partial charge in [0.25, 0.3) is 0 Å². The third kappa shape index (κ3) is 7.00. The Bertz CT molecular complexity index is 321. The van der Waals surface area contributed by atoms with E-state index >= 15 is 0 Å². The molecular weight excluding hydrogens is 248 g/mol. The molecule has 0 heterocycles. The van der Waals surface area contributed by atoms with Crippen molar-refractivity contribution in [3.8, 4) is 0 Å². The van der Waals surface area contributed by atoms with Crippen molar-refractivity contribution in [2.45, 2.75) is 52.1 Å². The molecule has 0 saturated carbocycles. The summed E-state index contributed by atoms with van der Waals surface area (Å²) < 4.78 is 5.04. The monoisotopic (exact) mass is 274 g/mol. The minimum absolute atomic E-state index is 0.0740. The zero-order valence-corrected chi connectivity index (χ0v) is 12.7. The Kier molecular flexibility index (Phi) is 6.29. The second-order valence-electron chi connectivity index (χ2n) is 6.21. The van der Waals surface area contributed by atoms with Crippen LogP contribution in [0.3, 0.4) is 0 Å². The van der Waals surface area contributed by atoms with Crippen molar-refractivity contribution in [1.29, 1.82) is 0 Å². The molecule has 0 rings (SSSR count). The van der Waals surface area contributed by atoms with Gasteiger partial charge in [0.1, 0.15) is 0 Å². The minimum Gasteiger partial charge on any atom is -0.481 e. The SMILES string of the molecule is COCC(C)(C)NC(=O)N(CCC(=O)O)C(C)(C)C. The van der Waals surface area contributed by atoms with Gasteiger partial charge >= 0.3 is 12.0 Å². The van der Waals surface area contributed by atoms with Crippen LogP contribution in [0.25, 0.3) is 0 Å². The summed E-state index contributed by atoms with van der Waals surface area (Å²) >= 11 is 0. The summed E-state index contributed by atoms with van der Waals surface area (Å²) in [6.07, 6.45) is -0.0740. The molecule has 0 bridgehead atoms. The van der Waals surface area contributed by atoms with E-state index in [2.05, 4.69) is 5.32 Å². The van der Waals surface area contributed by atoms with Crippen LogP contribution in [0, 0.1) is 0 Å². The molecule has 0 aliphatic rings. The summed E-state index contributed by atoms with van der Waals surface area (Å²) in [7, 11) is 1.57. The number of hydrogen-bond acceptors (Lipinski definition) is 3. The highest BCUT2D eigenvalue weighted by molar-refractivity contribution is 5.76. The molecule has 0 aromatic carbocycles. The number of hydrogen-bond donors (Lipinski definition) is 2. The van der Waals surface area contributed by atoms with Crippen molar-refractivity contribution in [2.24, 2.45) is 0 Å². The first-order chi connectivity index (χ1) is 8.49. The maximum atomic E-state index is 12.3. The van der Waals surface area contributed by atoms with Gasteiger partial charge in [-0.2, -0.15) is 0 Å². The van der Waals surface area contributed by atoms with Crippen molar-refractivity contribution in [2.75, 3.05) is 20.3 Å². The fourth-order valence-electron chi connectivity index (χ4n) is 1.70. The molecule has 0 atom stereocenters. The van der Waals surface area contributed by atoms with Gasteiger partial charge in [-0.3, -0.25) is 4.79 Å². The summed E-state index contributed by atoms with van der Waals surface area (Å²) in [5.41, 5.74) is -0.943. The van der Waals surface area contributed by atoms with Crippen LogP contribution in [-0.4, -0.2) is 53.3 Å². The lowest BCUT2D eigenvalue weighted by atomic mass is 10.0. The van der Waals surface area contributed by atoms with Crippen LogP contribution in [0.2, 0.25) is 0 Å². The van der Waals surface area contributed by atoms with E-state index in [0.717, 1.165) is 0 Å². The molecule has 0 fully saturated rings. The van der Waals surface area contributed by atoms with Crippen LogP contribution >= 0.6 is 0 Å². The molecule has 6 heteroatoms. The van der Waals surface area contributed by atoms with Crippen molar-refractivity contribution < 1.29 is 19.4 Å². The minimum atomic E-state index is -0.918. The van der Waals surface area contributed by atoms with Crippen LogP contribution < -0.4 is 5.32 Å². The highest BCUT2D eigenvalue weighted by Crippen LogP contribution is 2.15. The van der Waals surface area contributed by atoms with Gasteiger partial charge in [-0.05, 0) is 34.6 Å². The largest absolute Gasteiger partial charge is 0.481 e. The van der Waals surface area contributed by atoms with Gasteiger partial charge in [0, 0.05) is 19.2 Å². The maximum absolute atomic E-state index is 12.3. The Morgan fingerprint density at radius 3 is 2.11 bits per heavy atom. The van der Waals surface area contributed by atoms with Gasteiger partial charge < -0.3 is 20.1 Å². The normalized spacial score (nSPS) is 12.1. The number of aliphatic carboxylic acids is 1. The molecule has 112 valence electrons. The molecule has 0 aromatic heterocycles. The van der Waals surface area contributed by atoms with Crippen molar-refractivity contribution in [3.05, 3.63) is 0 Å². The fourth-order valence-corrected chi connectivity index (χ4v) is 1.70. The highest BCUT2D eigenvalue weighted by Gasteiger charge is 2.30. The van der Waals surface area contributed by atoms with E-state index in [9.17, 15) is 9.59 Å². The zero-order chi connectivity index (χ0) is 15.3. The van der Waals surface area contributed by atoms with Crippen molar-refractivity contribution in [3.63, 3.8) is 0 Å². The molecule has 0 aromatic rings. The first kappa shape index (κ1) is 17.7. The van der Waals surface area contributed by atoms with Crippen LogP contribution in [0.1, 0.15) is 41.0 Å². The first-order valence-electron chi connectivity index (χ1n) is 6.30. The number of carbonyl (C=O) groups excluding carboxylic acids is 1. The lowest BCUT2D eigenvalue weighted by Crippen LogP contribution is -2.57. The van der Waals surface area contributed by atoms with Gasteiger partial charge in [0.15, 0.2) is 0 Å². The van der Waals surface area contributed by atoms with Crippen LogP contribution in [0.4, 0.5) is 4.79 Å². The summed E-state index contributed by atoms with van der Waals surface area (Å²) in [4.78, 5) is 24.4. The number of urea groups is 1.